The van der Waals surface area contributed by atoms with Crippen LogP contribution in [0.4, 0.5) is 5.69 Å². The topological polar surface area (TPSA) is 72.9 Å². The molecule has 2 aliphatic carbocycles. The van der Waals surface area contributed by atoms with Gasteiger partial charge in [0, 0.05) is 50.9 Å². The summed E-state index contributed by atoms with van der Waals surface area (Å²) in [4.78, 5) is 30.3. The molecule has 1 aliphatic heterocycles. The van der Waals surface area contributed by atoms with E-state index >= 15 is 0 Å². The number of nitrogens with one attached hydrogen (secondary N) is 1. The highest BCUT2D eigenvalue weighted by Crippen LogP contribution is 2.64. The minimum absolute atomic E-state index is 0.00370. The maximum absolute atomic E-state index is 13.3. The Labute approximate surface area is 205 Å². The van der Waals surface area contributed by atoms with Crippen molar-refractivity contribution in [3.63, 3.8) is 0 Å². The smallest absolute Gasteiger partial charge is 0.251 e. The molecule has 34 heavy (non-hydrogen) atoms. The summed E-state index contributed by atoms with van der Waals surface area (Å²) in [5.41, 5.74) is 0.849. The van der Waals surface area contributed by atoms with Crippen molar-refractivity contribution in [3.05, 3.63) is 29.8 Å². The van der Waals surface area contributed by atoms with Crippen LogP contribution in [0.15, 0.2) is 24.3 Å². The van der Waals surface area contributed by atoms with Crippen LogP contribution in [0.3, 0.4) is 0 Å². The summed E-state index contributed by atoms with van der Waals surface area (Å²) in [6.45, 7) is 8.24. The first-order valence-corrected chi connectivity index (χ1v) is 13.0. The fraction of sp³-hybridized carbons (Fsp3) is 0.714. The van der Waals surface area contributed by atoms with E-state index in [1.54, 1.807) is 0 Å². The van der Waals surface area contributed by atoms with Crippen LogP contribution in [0.5, 0.6) is 0 Å². The number of amides is 2. The molecule has 0 spiro atoms. The molecule has 4 rings (SSSR count). The number of hydrogen-bond donors (Lipinski definition) is 2. The molecule has 1 saturated heterocycles. The molecule has 3 fully saturated rings. The summed E-state index contributed by atoms with van der Waals surface area (Å²) in [5, 5.41) is 14.4. The van der Waals surface area contributed by atoms with E-state index in [0.29, 0.717) is 18.4 Å². The highest BCUT2D eigenvalue weighted by atomic mass is 16.3. The average molecular weight is 470 g/mol. The maximum Gasteiger partial charge on any atom is 0.251 e. The number of rotatable bonds is 6. The van der Waals surface area contributed by atoms with Gasteiger partial charge in [0.15, 0.2) is 0 Å². The lowest BCUT2D eigenvalue weighted by Gasteiger charge is -2.51. The van der Waals surface area contributed by atoms with Gasteiger partial charge >= 0.3 is 0 Å². The molecular formula is C28H43N3O3. The molecule has 6 heteroatoms. The lowest BCUT2D eigenvalue weighted by Crippen LogP contribution is -2.52. The zero-order valence-electron chi connectivity index (χ0n) is 21.7. The van der Waals surface area contributed by atoms with Gasteiger partial charge in [0.2, 0.25) is 5.91 Å². The van der Waals surface area contributed by atoms with Gasteiger partial charge in [0.05, 0.1) is 5.60 Å². The third-order valence-electron chi connectivity index (χ3n) is 9.05. The Bertz CT molecular complexity index is 902. The van der Waals surface area contributed by atoms with Crippen LogP contribution >= 0.6 is 0 Å². The second kappa shape index (κ2) is 9.18. The monoisotopic (exact) mass is 469 g/mol. The molecule has 2 amide bonds. The Hall–Kier alpha value is -2.08. The van der Waals surface area contributed by atoms with Crippen molar-refractivity contribution in [2.24, 2.45) is 16.7 Å². The number of likely N-dealkylation sites (tertiary alicyclic amines) is 1. The molecule has 0 unspecified atom stereocenters. The molecule has 0 aromatic heterocycles. The summed E-state index contributed by atoms with van der Waals surface area (Å²) >= 11 is 0. The van der Waals surface area contributed by atoms with Crippen LogP contribution in [0.1, 0.15) is 82.5 Å². The summed E-state index contributed by atoms with van der Waals surface area (Å²) in [6, 6.07) is 7.71. The van der Waals surface area contributed by atoms with Crippen molar-refractivity contribution in [1.82, 2.24) is 10.2 Å². The van der Waals surface area contributed by atoms with Crippen LogP contribution in [0, 0.1) is 16.7 Å². The van der Waals surface area contributed by atoms with E-state index in [9.17, 15) is 14.7 Å². The highest BCUT2D eigenvalue weighted by Gasteiger charge is 2.61. The number of hydrogen-bond acceptors (Lipinski definition) is 4. The number of nitrogens with zero attached hydrogens (tertiary/aromatic N) is 2. The summed E-state index contributed by atoms with van der Waals surface area (Å²) in [6.07, 6.45) is 6.64. The van der Waals surface area contributed by atoms with E-state index in [2.05, 4.69) is 19.2 Å². The lowest BCUT2D eigenvalue weighted by molar-refractivity contribution is -0.132. The van der Waals surface area contributed by atoms with Crippen molar-refractivity contribution in [2.45, 2.75) is 83.8 Å². The van der Waals surface area contributed by atoms with Gasteiger partial charge in [0.25, 0.3) is 5.91 Å². The predicted molar refractivity (Wildman–Crippen MR) is 136 cm³/mol. The van der Waals surface area contributed by atoms with E-state index in [1.165, 1.54) is 0 Å². The van der Waals surface area contributed by atoms with Crippen LogP contribution in [-0.4, -0.2) is 60.6 Å². The minimum Gasteiger partial charge on any atom is -0.390 e. The molecule has 188 valence electrons. The molecular weight excluding hydrogens is 426 g/mol. The molecule has 0 radical (unpaired) electrons. The van der Waals surface area contributed by atoms with Crippen molar-refractivity contribution in [2.75, 3.05) is 32.1 Å². The lowest BCUT2D eigenvalue weighted by atomic mass is 9.57. The Balaban J connectivity index is 1.57. The standard InChI is InChI=1S/C28H43N3O3/c1-26(2)19-23(29-25(33)20-8-10-21(11-9-20)30(4)5)28(15-14-27(3,34)18-22(26)28)13-12-24(32)31-16-6-7-17-31/h8-11,22-23,34H,6-7,12-19H2,1-5H3,(H,29,33)/t22-,23-,27+,28+/m0/s1. The van der Waals surface area contributed by atoms with Crippen molar-refractivity contribution in [1.29, 1.82) is 0 Å². The molecule has 2 saturated carbocycles. The van der Waals surface area contributed by atoms with Crippen LogP contribution in [-0.2, 0) is 4.79 Å². The molecule has 6 nitrogen and oxygen atoms in total. The first-order valence-electron chi connectivity index (χ1n) is 13.0. The van der Waals surface area contributed by atoms with Crippen molar-refractivity contribution < 1.29 is 14.7 Å². The van der Waals surface area contributed by atoms with Gasteiger partial charge in [0.1, 0.15) is 0 Å². The largest absolute Gasteiger partial charge is 0.390 e. The second-order valence-electron chi connectivity index (χ2n) is 12.2. The Morgan fingerprint density at radius 1 is 1.06 bits per heavy atom. The molecule has 1 aromatic rings. The minimum atomic E-state index is -0.689. The van der Waals surface area contributed by atoms with Gasteiger partial charge in [-0.1, -0.05) is 13.8 Å². The van der Waals surface area contributed by atoms with Gasteiger partial charge < -0.3 is 20.2 Å². The number of carbonyl (C=O) groups excluding carboxylic acids is 2. The molecule has 1 aromatic carbocycles. The molecule has 2 N–H and O–H groups in total. The average Bonchev–Trinajstić information content (AvgIpc) is 3.38. The summed E-state index contributed by atoms with van der Waals surface area (Å²) < 4.78 is 0. The van der Waals surface area contributed by atoms with Gasteiger partial charge in [-0.15, -0.1) is 0 Å². The van der Waals surface area contributed by atoms with Crippen molar-refractivity contribution in [3.8, 4) is 0 Å². The van der Waals surface area contributed by atoms with E-state index in [0.717, 1.165) is 57.3 Å². The van der Waals surface area contributed by atoms with Gasteiger partial charge in [-0.25, -0.2) is 0 Å². The van der Waals surface area contributed by atoms with Gasteiger partial charge in [-0.3, -0.25) is 9.59 Å². The van der Waals surface area contributed by atoms with E-state index in [-0.39, 0.29) is 34.6 Å². The highest BCUT2D eigenvalue weighted by molar-refractivity contribution is 5.94. The summed E-state index contributed by atoms with van der Waals surface area (Å²) in [5.74, 6) is 0.461. The number of carbonyl (C=O) groups is 2. The molecule has 4 atom stereocenters. The van der Waals surface area contributed by atoms with E-state index in [4.69, 9.17) is 0 Å². The fourth-order valence-electron chi connectivity index (χ4n) is 7.05. The number of fused-ring (bicyclic) bond motifs is 1. The van der Waals surface area contributed by atoms with Gasteiger partial charge in [-0.05, 0) is 92.9 Å². The van der Waals surface area contributed by atoms with Crippen LogP contribution in [0.2, 0.25) is 0 Å². The van der Waals surface area contributed by atoms with E-state index < -0.39 is 5.60 Å². The van der Waals surface area contributed by atoms with Crippen molar-refractivity contribution >= 4 is 17.5 Å². The zero-order valence-corrected chi connectivity index (χ0v) is 21.7. The quantitative estimate of drug-likeness (QED) is 0.654. The van der Waals surface area contributed by atoms with E-state index in [1.807, 2.05) is 55.1 Å². The molecule has 1 heterocycles. The second-order valence-corrected chi connectivity index (χ2v) is 12.2. The summed E-state index contributed by atoms with van der Waals surface area (Å²) in [7, 11) is 3.97. The Kier molecular flexibility index (Phi) is 6.75. The normalized spacial score (nSPS) is 32.4. The maximum atomic E-state index is 13.3. The Morgan fingerprint density at radius 3 is 2.32 bits per heavy atom. The third-order valence-corrected chi connectivity index (χ3v) is 9.05. The first-order chi connectivity index (χ1) is 15.9. The SMILES string of the molecule is CN(C)c1ccc(C(=O)N[C@H]2CC(C)(C)[C@@H]3C[C@](C)(O)CC[C@@]23CCC(=O)N2CCCC2)cc1. The third kappa shape index (κ3) is 4.84. The Morgan fingerprint density at radius 2 is 1.71 bits per heavy atom. The van der Waals surface area contributed by atoms with Crippen LogP contribution in [0.25, 0.3) is 0 Å². The van der Waals surface area contributed by atoms with Crippen LogP contribution < -0.4 is 10.2 Å². The first kappa shape index (κ1) is 25.0. The number of anilines is 1. The predicted octanol–water partition coefficient (Wildman–Crippen LogP) is 4.22. The number of benzene rings is 1. The number of aliphatic hydroxyl groups is 1. The zero-order chi connectivity index (χ0) is 24.7. The van der Waals surface area contributed by atoms with Gasteiger partial charge in [-0.2, -0.15) is 0 Å². The molecule has 3 aliphatic rings. The fourth-order valence-corrected chi connectivity index (χ4v) is 7.05. The molecule has 0 bridgehead atoms.